The molecular formula is C12H2N6O4S2. The highest BCUT2D eigenvalue weighted by Gasteiger charge is 2.28. The number of nitro benzene ring substituents is 2. The molecule has 0 amide bonds. The van der Waals surface area contributed by atoms with Gasteiger partial charge in [0.2, 0.25) is 0 Å². The standard InChI is InChI=1S/C12H2N6O4S2/c13-3-9-10(4-14)24-12-11(23-9)15-5-1-7(17(19)20)8(18(21)22)2-6(5)16-12/h1-2H. The monoisotopic (exact) mass is 358 g/mol. The van der Waals surface area contributed by atoms with Gasteiger partial charge in [-0.3, -0.25) is 20.2 Å². The number of aromatic nitrogens is 2. The van der Waals surface area contributed by atoms with Crippen LogP contribution in [0, 0.1) is 42.9 Å². The summed E-state index contributed by atoms with van der Waals surface area (Å²) < 4.78 is 0. The summed E-state index contributed by atoms with van der Waals surface area (Å²) in [6, 6.07) is 5.71. The Morgan fingerprint density at radius 2 is 1.25 bits per heavy atom. The maximum absolute atomic E-state index is 11.0. The summed E-state index contributed by atoms with van der Waals surface area (Å²) in [5.41, 5.74) is -1.19. The summed E-state index contributed by atoms with van der Waals surface area (Å²) in [6.45, 7) is 0. The third-order valence-electron chi connectivity index (χ3n) is 2.90. The second-order valence-corrected chi connectivity index (χ2v) is 6.26. The third kappa shape index (κ3) is 2.50. The molecule has 0 aliphatic carbocycles. The van der Waals surface area contributed by atoms with Gasteiger partial charge in [-0.1, -0.05) is 23.5 Å². The molecule has 0 saturated heterocycles. The predicted molar refractivity (Wildman–Crippen MR) is 82.8 cm³/mol. The third-order valence-corrected chi connectivity index (χ3v) is 5.11. The lowest BCUT2D eigenvalue weighted by molar-refractivity contribution is -0.422. The second kappa shape index (κ2) is 5.77. The Morgan fingerprint density at radius 3 is 1.54 bits per heavy atom. The van der Waals surface area contributed by atoms with Crippen molar-refractivity contribution in [2.24, 2.45) is 0 Å². The van der Waals surface area contributed by atoms with Gasteiger partial charge in [0.15, 0.2) is 0 Å². The largest absolute Gasteiger partial charge is 0.348 e. The highest BCUT2D eigenvalue weighted by Crippen LogP contribution is 2.45. The lowest BCUT2D eigenvalue weighted by Crippen LogP contribution is -2.01. The first kappa shape index (κ1) is 15.7. The van der Waals surface area contributed by atoms with Gasteiger partial charge < -0.3 is 0 Å². The number of rotatable bonds is 2. The highest BCUT2D eigenvalue weighted by atomic mass is 32.2. The van der Waals surface area contributed by atoms with Crippen molar-refractivity contribution in [1.82, 2.24) is 9.97 Å². The molecular weight excluding hydrogens is 356 g/mol. The van der Waals surface area contributed by atoms with E-state index in [1.54, 1.807) is 0 Å². The van der Waals surface area contributed by atoms with Gasteiger partial charge in [0, 0.05) is 0 Å². The van der Waals surface area contributed by atoms with Crippen molar-refractivity contribution in [3.63, 3.8) is 0 Å². The number of nitro groups is 2. The Bertz CT molecular complexity index is 970. The summed E-state index contributed by atoms with van der Waals surface area (Å²) in [4.78, 5) is 28.9. The van der Waals surface area contributed by atoms with Crippen LogP contribution in [0.1, 0.15) is 0 Å². The molecule has 0 fully saturated rings. The average Bonchev–Trinajstić information content (AvgIpc) is 2.57. The van der Waals surface area contributed by atoms with Crippen LogP contribution in [0.25, 0.3) is 11.0 Å². The van der Waals surface area contributed by atoms with Gasteiger partial charge >= 0.3 is 11.4 Å². The van der Waals surface area contributed by atoms with Crippen LogP contribution in [-0.4, -0.2) is 19.8 Å². The zero-order valence-corrected chi connectivity index (χ0v) is 12.9. The number of hydrogen-bond donors (Lipinski definition) is 0. The summed E-state index contributed by atoms with van der Waals surface area (Å²) in [6.07, 6.45) is 0. The first-order chi connectivity index (χ1) is 11.4. The van der Waals surface area contributed by atoms with Gasteiger partial charge in [0.25, 0.3) is 0 Å². The summed E-state index contributed by atoms with van der Waals surface area (Å²) >= 11 is 1.85. The fourth-order valence-corrected chi connectivity index (χ4v) is 3.72. The first-order valence-electron chi connectivity index (χ1n) is 5.99. The number of benzene rings is 1. The fourth-order valence-electron chi connectivity index (χ4n) is 1.91. The Kier molecular flexibility index (Phi) is 3.76. The Hall–Kier alpha value is -3.22. The van der Waals surface area contributed by atoms with Gasteiger partial charge in [-0.25, -0.2) is 9.97 Å². The van der Waals surface area contributed by atoms with E-state index in [1.807, 2.05) is 12.1 Å². The lowest BCUT2D eigenvalue weighted by atomic mass is 10.2. The smallest absolute Gasteiger partial charge is 0.258 e. The topological polar surface area (TPSA) is 160 Å². The number of nitrogens with zero attached hydrogens (tertiary/aromatic N) is 6. The molecule has 1 aromatic heterocycles. The van der Waals surface area contributed by atoms with Crippen LogP contribution in [-0.2, 0) is 0 Å². The number of nitriles is 2. The maximum Gasteiger partial charge on any atom is 0.348 e. The van der Waals surface area contributed by atoms with Gasteiger partial charge in [-0.05, 0) is 0 Å². The molecule has 3 rings (SSSR count). The van der Waals surface area contributed by atoms with Crippen molar-refractivity contribution in [2.45, 2.75) is 10.1 Å². The summed E-state index contributed by atoms with van der Waals surface area (Å²) in [7, 11) is 0. The molecule has 1 aliphatic heterocycles. The maximum atomic E-state index is 11.0. The van der Waals surface area contributed by atoms with Gasteiger partial charge in [0.1, 0.15) is 32.0 Å². The molecule has 0 saturated carbocycles. The van der Waals surface area contributed by atoms with Crippen molar-refractivity contribution in [2.75, 3.05) is 0 Å². The molecule has 116 valence electrons. The number of hydrogen-bond acceptors (Lipinski definition) is 10. The van der Waals surface area contributed by atoms with Crippen molar-refractivity contribution in [3.05, 3.63) is 42.2 Å². The molecule has 2 aromatic rings. The minimum atomic E-state index is -0.866. The molecule has 0 bridgehead atoms. The van der Waals surface area contributed by atoms with E-state index in [-0.39, 0.29) is 20.8 Å². The molecule has 1 aliphatic rings. The van der Waals surface area contributed by atoms with Gasteiger partial charge in [-0.2, -0.15) is 10.5 Å². The van der Waals surface area contributed by atoms with E-state index in [9.17, 15) is 20.2 Å². The minimum Gasteiger partial charge on any atom is -0.258 e. The Morgan fingerprint density at radius 1 is 0.875 bits per heavy atom. The first-order valence-corrected chi connectivity index (χ1v) is 7.62. The van der Waals surface area contributed by atoms with Crippen LogP contribution in [0.15, 0.2) is 32.0 Å². The van der Waals surface area contributed by atoms with E-state index in [0.29, 0.717) is 10.1 Å². The molecule has 2 heterocycles. The van der Waals surface area contributed by atoms with Gasteiger partial charge in [-0.15, -0.1) is 0 Å². The van der Waals surface area contributed by atoms with Gasteiger partial charge in [0.05, 0.1) is 33.0 Å². The van der Waals surface area contributed by atoms with Crippen molar-refractivity contribution >= 4 is 45.9 Å². The molecule has 24 heavy (non-hydrogen) atoms. The zero-order chi connectivity index (χ0) is 17.4. The van der Waals surface area contributed by atoms with Crippen LogP contribution in [0.5, 0.6) is 0 Å². The summed E-state index contributed by atoms with van der Waals surface area (Å²) in [5.74, 6) is 0. The second-order valence-electron chi connectivity index (χ2n) is 4.26. The van der Waals surface area contributed by atoms with E-state index >= 15 is 0 Å². The Labute approximate surface area is 141 Å². The molecule has 0 atom stereocenters. The predicted octanol–water partition coefficient (Wildman–Crippen LogP) is 2.90. The number of allylic oxidation sites excluding steroid dienone is 2. The van der Waals surface area contributed by atoms with E-state index in [2.05, 4.69) is 9.97 Å². The van der Waals surface area contributed by atoms with Crippen LogP contribution in [0.2, 0.25) is 0 Å². The van der Waals surface area contributed by atoms with Crippen LogP contribution >= 0.6 is 23.5 Å². The lowest BCUT2D eigenvalue weighted by Gasteiger charge is -2.13. The van der Waals surface area contributed by atoms with Crippen LogP contribution < -0.4 is 0 Å². The minimum absolute atomic E-state index is 0.0943. The van der Waals surface area contributed by atoms with Crippen LogP contribution in [0.4, 0.5) is 11.4 Å². The van der Waals surface area contributed by atoms with E-state index < -0.39 is 21.2 Å². The van der Waals surface area contributed by atoms with Crippen LogP contribution in [0.3, 0.4) is 0 Å². The molecule has 12 heteroatoms. The average molecular weight is 358 g/mol. The fraction of sp³-hybridized carbons (Fsp3) is 0. The molecule has 0 radical (unpaired) electrons. The molecule has 1 aromatic carbocycles. The van der Waals surface area contributed by atoms with Crippen molar-refractivity contribution in [3.8, 4) is 12.1 Å². The number of thioether (sulfide) groups is 2. The molecule has 10 nitrogen and oxygen atoms in total. The molecule has 0 N–H and O–H groups in total. The van der Waals surface area contributed by atoms with E-state index in [0.717, 1.165) is 35.7 Å². The Balaban J connectivity index is 2.24. The van der Waals surface area contributed by atoms with Crippen molar-refractivity contribution < 1.29 is 9.85 Å². The molecule has 0 spiro atoms. The van der Waals surface area contributed by atoms with E-state index in [1.165, 1.54) is 0 Å². The highest BCUT2D eigenvalue weighted by molar-refractivity contribution is 8.09. The van der Waals surface area contributed by atoms with E-state index in [4.69, 9.17) is 10.5 Å². The quantitative estimate of drug-likeness (QED) is 0.576. The number of fused-ring (bicyclic) bond motifs is 2. The zero-order valence-electron chi connectivity index (χ0n) is 11.3. The van der Waals surface area contributed by atoms with Crippen molar-refractivity contribution in [1.29, 1.82) is 10.5 Å². The SMILES string of the molecule is N#CC1=C(C#N)Sc2nc3cc([N+](=O)[O-])c([N+](=O)[O-])cc3nc2S1. The summed E-state index contributed by atoms with van der Waals surface area (Å²) in [5, 5.41) is 40.7. The normalized spacial score (nSPS) is 13.1. The molecule has 0 unspecified atom stereocenters.